The quantitative estimate of drug-likeness (QED) is 0.0345. The van der Waals surface area contributed by atoms with E-state index in [1.165, 1.54) is 18.8 Å². The molecule has 0 aliphatic heterocycles. The Bertz CT molecular complexity index is 2970. The Hall–Kier alpha value is -8.95. The van der Waals surface area contributed by atoms with Crippen LogP contribution in [0.3, 0.4) is 0 Å². The summed E-state index contributed by atoms with van der Waals surface area (Å²) in [5.41, 5.74) is 9.46. The van der Waals surface area contributed by atoms with Crippen molar-refractivity contribution >= 4 is 58.3 Å². The van der Waals surface area contributed by atoms with E-state index in [2.05, 4.69) is 63.8 Å². The first-order valence-electron chi connectivity index (χ1n) is 26.3. The van der Waals surface area contributed by atoms with E-state index >= 15 is 0 Å². The summed E-state index contributed by atoms with van der Waals surface area (Å²) in [6.07, 6.45) is 5.45. The van der Waals surface area contributed by atoms with Crippen molar-refractivity contribution in [2.24, 2.45) is 5.73 Å². The van der Waals surface area contributed by atoms with E-state index in [0.717, 1.165) is 22.3 Å². The Morgan fingerprint density at radius 3 is 1.31 bits per heavy atom. The normalized spacial score (nSPS) is 11.8. The van der Waals surface area contributed by atoms with Gasteiger partial charge in [0.2, 0.25) is 17.7 Å². The average Bonchev–Trinajstić information content (AvgIpc) is 3.54. The number of carboxylic acid groups (broad SMARTS) is 1. The smallest absolute Gasteiger partial charge is 0.322 e. The molecule has 0 bridgehead atoms. The van der Waals surface area contributed by atoms with Gasteiger partial charge in [-0.2, -0.15) is 15.8 Å². The molecule has 4 atom stereocenters. The van der Waals surface area contributed by atoms with Crippen LogP contribution in [0.4, 0.5) is 11.4 Å². The molecular weight excluding hydrogens is 1090 g/mol. The number of carbonyl (C=O) groups is 4. The van der Waals surface area contributed by atoms with Crippen LogP contribution in [-0.2, 0) is 32.0 Å². The lowest BCUT2D eigenvalue weighted by Crippen LogP contribution is -2.51. The highest BCUT2D eigenvalue weighted by atomic mass is 35.5. The van der Waals surface area contributed by atoms with Crippen LogP contribution in [0.5, 0.6) is 11.8 Å². The Balaban J connectivity index is 0.000000496. The van der Waals surface area contributed by atoms with Crippen LogP contribution in [0.2, 0.25) is 10.0 Å². The Labute approximate surface area is 498 Å². The second kappa shape index (κ2) is 35.0. The van der Waals surface area contributed by atoms with Gasteiger partial charge in [0.25, 0.3) is 11.8 Å². The monoisotopic (exact) mass is 1170 g/mol. The van der Waals surface area contributed by atoms with Gasteiger partial charge in [-0.1, -0.05) is 106 Å². The summed E-state index contributed by atoms with van der Waals surface area (Å²) in [5.74, 6) is -1.84. The Morgan fingerprint density at radius 2 is 1.01 bits per heavy atom. The lowest BCUT2D eigenvalue weighted by Gasteiger charge is -2.30. The molecule has 17 nitrogen and oxygen atoms in total. The van der Waals surface area contributed by atoms with E-state index in [0.29, 0.717) is 51.0 Å². The fourth-order valence-electron chi connectivity index (χ4n) is 7.63. The lowest BCUT2D eigenvalue weighted by atomic mass is 9.85. The molecule has 83 heavy (non-hydrogen) atoms. The van der Waals surface area contributed by atoms with Crippen molar-refractivity contribution in [2.45, 2.75) is 124 Å². The van der Waals surface area contributed by atoms with Gasteiger partial charge in [-0.05, 0) is 144 Å². The minimum absolute atomic E-state index is 0. The largest absolute Gasteiger partial charge is 0.480 e. The number of hydrogen-bond donors (Lipinski definition) is 6. The molecule has 438 valence electrons. The molecule has 0 saturated carbocycles. The van der Waals surface area contributed by atoms with E-state index in [1.54, 1.807) is 71.0 Å². The van der Waals surface area contributed by atoms with Gasteiger partial charge in [-0.15, -0.1) is 0 Å². The lowest BCUT2D eigenvalue weighted by molar-refractivity contribution is -0.135. The minimum atomic E-state index is -1.24. The molecule has 2 heterocycles. The van der Waals surface area contributed by atoms with E-state index in [-0.39, 0.29) is 68.0 Å². The number of carbonyl (C=O) groups excluding carboxylic acids is 3. The number of allylic oxidation sites excluding steroid dienone is 1. The summed E-state index contributed by atoms with van der Waals surface area (Å²) in [6, 6.07) is 42.0. The topological polar surface area (TPSA) is 278 Å². The van der Waals surface area contributed by atoms with Crippen molar-refractivity contribution in [3.05, 3.63) is 189 Å². The fourth-order valence-corrected chi connectivity index (χ4v) is 7.88. The number of aromatic nitrogens is 2. The molecule has 4 aromatic carbocycles. The first kappa shape index (κ1) is 70.2. The van der Waals surface area contributed by atoms with Crippen molar-refractivity contribution in [2.75, 3.05) is 23.7 Å². The molecule has 0 saturated heterocycles. The number of nitriles is 3. The first-order chi connectivity index (χ1) is 38.8. The number of rotatable bonds is 22. The zero-order valence-corrected chi connectivity index (χ0v) is 49.2. The molecule has 0 aliphatic carbocycles. The number of halogens is 2. The summed E-state index contributed by atoms with van der Waals surface area (Å²) in [7, 11) is 0. The number of anilines is 2. The summed E-state index contributed by atoms with van der Waals surface area (Å²) < 4.78 is 11.8. The van der Waals surface area contributed by atoms with Gasteiger partial charge in [-0.25, -0.2) is 9.97 Å². The maximum absolute atomic E-state index is 13.3. The molecule has 3 amide bonds. The second-order valence-corrected chi connectivity index (χ2v) is 20.9. The molecule has 2 aromatic heterocycles. The molecule has 4 unspecified atom stereocenters. The van der Waals surface area contributed by atoms with Crippen LogP contribution in [-0.4, -0.2) is 75.1 Å². The Morgan fingerprint density at radius 1 is 0.651 bits per heavy atom. The number of nitrogens with zero attached hydrogens (tertiary/aromatic N) is 5. The predicted molar refractivity (Wildman–Crippen MR) is 328 cm³/mol. The predicted octanol–water partition coefficient (Wildman–Crippen LogP) is 12.1. The van der Waals surface area contributed by atoms with Crippen molar-refractivity contribution in [1.29, 1.82) is 15.8 Å². The number of aliphatic carboxylic acids is 1. The molecule has 0 spiro atoms. The molecule has 0 fully saturated rings. The molecule has 0 aliphatic rings. The van der Waals surface area contributed by atoms with Gasteiger partial charge >= 0.3 is 5.97 Å². The third-order valence-electron chi connectivity index (χ3n) is 11.9. The van der Waals surface area contributed by atoms with E-state index in [4.69, 9.17) is 48.8 Å². The van der Waals surface area contributed by atoms with Crippen LogP contribution in [0.25, 0.3) is 0 Å². The van der Waals surface area contributed by atoms with Crippen molar-refractivity contribution < 1.29 is 33.8 Å². The number of primary amides is 1. The van der Waals surface area contributed by atoms with E-state index < -0.39 is 23.1 Å². The maximum Gasteiger partial charge on any atom is 0.322 e. The summed E-state index contributed by atoms with van der Waals surface area (Å²) >= 11 is 12.1. The van der Waals surface area contributed by atoms with E-state index in [1.807, 2.05) is 105 Å². The average molecular weight is 1170 g/mol. The highest BCUT2D eigenvalue weighted by molar-refractivity contribution is 6.30. The van der Waals surface area contributed by atoms with Gasteiger partial charge in [0, 0.05) is 51.7 Å². The minimum Gasteiger partial charge on any atom is -0.480 e. The molecule has 0 radical (unpaired) electrons. The van der Waals surface area contributed by atoms with Crippen molar-refractivity contribution in [3.8, 4) is 30.0 Å². The number of benzene rings is 4. The zero-order valence-electron chi connectivity index (χ0n) is 47.7. The van der Waals surface area contributed by atoms with Crippen LogP contribution in [0, 0.1) is 34.0 Å². The standard InChI is InChI=1S/C28H30ClN5O3.C28H29ClN4O4.C4H5N.C3H8.CH4/c1-18(24(14-19-7-9-22(29)10-8-19)21-6-4-5-20(13-21)15-30)34-27(36)28(2,3)37-26-12-11-23(16-33-26)32-17-25(31)35;1-18(24(14-19-7-9-22(29)10-8-19)21-6-4-5-20(13-21)15-30)33-27(36)28(2,3)37-25-12-11-23(16-32-25)31-17-26(34)35;1-4(2)3-5;1-3-2;/h4-13,16,18,24,32H,14,17H2,1-3H3,(H2,31,35)(H,34,36);4-13,16,18,24,31H,14,17H2,1-3H3,(H,33,36)(H,34,35);1H2,2H3;3H2,1-2H3;1H4. The van der Waals surface area contributed by atoms with Gasteiger partial charge in [-0.3, -0.25) is 19.2 Å². The molecule has 7 N–H and O–H groups in total. The SMILES string of the molecule is C.C=C(C)C#N.CC(NC(=O)C(C)(C)Oc1ccc(NCC(=O)O)cn1)C(Cc1ccc(Cl)cc1)c1cccc(C#N)c1.CC(NC(=O)C(C)(C)Oc1ccc(NCC(N)=O)cn1)C(Cc1ccc(Cl)cc1)c1cccc(C#N)c1.CCC. The number of nitrogens with two attached hydrogens (primary N) is 1. The van der Waals surface area contributed by atoms with Crippen molar-refractivity contribution in [1.82, 2.24) is 20.6 Å². The number of hydrogen-bond acceptors (Lipinski definition) is 13. The number of ether oxygens (including phenoxy) is 2. The summed E-state index contributed by atoms with van der Waals surface area (Å²) in [5, 5.41) is 48.4. The Kier molecular flexibility index (Phi) is 29.6. The number of amides is 3. The third-order valence-corrected chi connectivity index (χ3v) is 12.4. The summed E-state index contributed by atoms with van der Waals surface area (Å²) in [4.78, 5) is 56.6. The first-order valence-corrected chi connectivity index (χ1v) is 27.0. The van der Waals surface area contributed by atoms with Gasteiger partial charge < -0.3 is 41.6 Å². The highest BCUT2D eigenvalue weighted by Gasteiger charge is 2.35. The fraction of sp³-hybridized carbons (Fsp3) is 0.328. The highest BCUT2D eigenvalue weighted by Crippen LogP contribution is 2.30. The van der Waals surface area contributed by atoms with Crippen LogP contribution >= 0.6 is 23.2 Å². The third kappa shape index (κ3) is 25.2. The van der Waals surface area contributed by atoms with Crippen LogP contribution < -0.4 is 36.5 Å². The summed E-state index contributed by atoms with van der Waals surface area (Å²) in [6.45, 7) is 19.5. The number of pyridine rings is 2. The zero-order chi connectivity index (χ0) is 61.0. The molecule has 6 aromatic rings. The van der Waals surface area contributed by atoms with Crippen LogP contribution in [0.15, 0.2) is 146 Å². The molecule has 19 heteroatoms. The van der Waals surface area contributed by atoms with E-state index in [9.17, 15) is 29.7 Å². The number of nitrogens with one attached hydrogen (secondary N) is 4. The number of carboxylic acids is 1. The maximum atomic E-state index is 13.3. The second-order valence-electron chi connectivity index (χ2n) is 20.0. The van der Waals surface area contributed by atoms with Gasteiger partial charge in [0.05, 0.1) is 59.6 Å². The van der Waals surface area contributed by atoms with Gasteiger partial charge in [0.1, 0.15) is 6.54 Å². The van der Waals surface area contributed by atoms with Gasteiger partial charge in [0.15, 0.2) is 11.2 Å². The van der Waals surface area contributed by atoms with Crippen molar-refractivity contribution in [3.63, 3.8) is 0 Å². The van der Waals surface area contributed by atoms with Crippen LogP contribution in [0.1, 0.15) is 121 Å². The molecule has 6 rings (SSSR count). The molecular formula is C64H76Cl2N10O7.